The lowest BCUT2D eigenvalue weighted by atomic mass is 9.95. The molecule has 0 aliphatic rings. The largest absolute Gasteiger partial charge is 0.453 e. The molecule has 0 aliphatic heterocycles. The number of hydrazine groups is 1. The minimum Gasteiger partial charge on any atom is -0.453 e. The number of benzene rings is 1. The average Bonchev–Trinajstić information content (AvgIpc) is 2.71. The Morgan fingerprint density at radius 2 is 2.00 bits per heavy atom. The van der Waals surface area contributed by atoms with Gasteiger partial charge in [0.05, 0.1) is 12.3 Å². The van der Waals surface area contributed by atoms with Gasteiger partial charge in [0.15, 0.2) is 5.22 Å². The Morgan fingerprint density at radius 3 is 2.59 bits per heavy atom. The van der Waals surface area contributed by atoms with E-state index >= 15 is 0 Å². The number of rotatable bonds is 3. The molecular weight excluding hydrogens is 236 g/mol. The van der Waals surface area contributed by atoms with Crippen molar-refractivity contribution in [1.82, 2.24) is 5.43 Å². The third kappa shape index (κ3) is 2.36. The average molecular weight is 251 g/mol. The van der Waals surface area contributed by atoms with Crippen LogP contribution >= 0.6 is 11.6 Å². The van der Waals surface area contributed by atoms with Gasteiger partial charge in [-0.3, -0.25) is 5.84 Å². The first kappa shape index (κ1) is 12.2. The summed E-state index contributed by atoms with van der Waals surface area (Å²) < 4.78 is 5.11. The topological polar surface area (TPSA) is 51.2 Å². The highest BCUT2D eigenvalue weighted by Crippen LogP contribution is 2.30. The summed E-state index contributed by atoms with van der Waals surface area (Å²) in [5.41, 5.74) is 7.09. The molecule has 0 saturated carbocycles. The molecule has 0 bridgehead atoms. The molecule has 1 atom stereocenters. The van der Waals surface area contributed by atoms with Crippen LogP contribution < -0.4 is 11.3 Å². The van der Waals surface area contributed by atoms with Gasteiger partial charge in [0.2, 0.25) is 0 Å². The molecule has 90 valence electrons. The summed E-state index contributed by atoms with van der Waals surface area (Å²) in [6, 6.07) is 7.92. The third-order valence-corrected chi connectivity index (χ3v) is 3.18. The second kappa shape index (κ2) is 4.92. The molecule has 0 aliphatic carbocycles. The molecule has 4 heteroatoms. The zero-order valence-electron chi connectivity index (χ0n) is 9.83. The van der Waals surface area contributed by atoms with E-state index in [9.17, 15) is 0 Å². The van der Waals surface area contributed by atoms with Crippen molar-refractivity contribution >= 4 is 11.6 Å². The quantitative estimate of drug-likeness (QED) is 0.650. The smallest absolute Gasteiger partial charge is 0.198 e. The molecule has 3 nitrogen and oxygen atoms in total. The fourth-order valence-electron chi connectivity index (χ4n) is 1.93. The van der Waals surface area contributed by atoms with Crippen molar-refractivity contribution in [3.63, 3.8) is 0 Å². The highest BCUT2D eigenvalue weighted by atomic mass is 35.5. The van der Waals surface area contributed by atoms with E-state index in [0.29, 0.717) is 5.22 Å². The lowest BCUT2D eigenvalue weighted by molar-refractivity contribution is 0.555. The molecule has 2 aromatic rings. The zero-order valence-corrected chi connectivity index (χ0v) is 10.6. The van der Waals surface area contributed by atoms with Crippen molar-refractivity contribution in [2.75, 3.05) is 0 Å². The fraction of sp³-hybridized carbons (Fsp3) is 0.231. The lowest BCUT2D eigenvalue weighted by Crippen LogP contribution is -2.29. The van der Waals surface area contributed by atoms with E-state index in [1.807, 2.05) is 19.9 Å². The molecule has 1 aromatic heterocycles. The van der Waals surface area contributed by atoms with E-state index in [4.69, 9.17) is 21.9 Å². The highest BCUT2D eigenvalue weighted by Gasteiger charge is 2.19. The van der Waals surface area contributed by atoms with Crippen LogP contribution in [0, 0.1) is 13.8 Å². The molecule has 17 heavy (non-hydrogen) atoms. The summed E-state index contributed by atoms with van der Waals surface area (Å²) in [5.74, 6) is 5.63. The van der Waals surface area contributed by atoms with Gasteiger partial charge in [-0.25, -0.2) is 5.43 Å². The van der Waals surface area contributed by atoms with Gasteiger partial charge in [-0.1, -0.05) is 23.8 Å². The van der Waals surface area contributed by atoms with Crippen LogP contribution in [0.2, 0.25) is 5.22 Å². The van der Waals surface area contributed by atoms with Gasteiger partial charge in [0, 0.05) is 5.56 Å². The van der Waals surface area contributed by atoms with Gasteiger partial charge in [-0.2, -0.15) is 0 Å². The number of furan rings is 1. The van der Waals surface area contributed by atoms with Crippen molar-refractivity contribution < 1.29 is 4.42 Å². The van der Waals surface area contributed by atoms with Crippen LogP contribution in [-0.4, -0.2) is 0 Å². The molecule has 0 saturated heterocycles. The second-order valence-corrected chi connectivity index (χ2v) is 4.45. The molecule has 1 aromatic carbocycles. The third-order valence-electron chi connectivity index (χ3n) is 2.87. The van der Waals surface area contributed by atoms with E-state index in [2.05, 4.69) is 23.6 Å². The number of hydrogen-bond acceptors (Lipinski definition) is 3. The van der Waals surface area contributed by atoms with Crippen molar-refractivity contribution in [2.45, 2.75) is 19.9 Å². The van der Waals surface area contributed by atoms with Crippen molar-refractivity contribution in [2.24, 2.45) is 5.84 Å². The van der Waals surface area contributed by atoms with Crippen LogP contribution in [0.25, 0.3) is 0 Å². The zero-order chi connectivity index (χ0) is 12.4. The van der Waals surface area contributed by atoms with Gasteiger partial charge in [-0.15, -0.1) is 0 Å². The molecular formula is C13H15ClN2O. The minimum atomic E-state index is -0.152. The normalized spacial score (nSPS) is 12.7. The SMILES string of the molecule is Cc1ccc(C)c(C(NN)c2ccoc2Cl)c1. The molecule has 3 N–H and O–H groups in total. The van der Waals surface area contributed by atoms with E-state index in [1.54, 1.807) is 6.26 Å². The minimum absolute atomic E-state index is 0.152. The summed E-state index contributed by atoms with van der Waals surface area (Å²) in [5, 5.41) is 0.369. The Bertz CT molecular complexity index is 522. The van der Waals surface area contributed by atoms with Crippen LogP contribution in [-0.2, 0) is 0 Å². The summed E-state index contributed by atoms with van der Waals surface area (Å²) >= 11 is 5.99. The maximum absolute atomic E-state index is 5.99. The monoisotopic (exact) mass is 250 g/mol. The van der Waals surface area contributed by atoms with E-state index in [0.717, 1.165) is 16.7 Å². The number of nitrogens with one attached hydrogen (secondary N) is 1. The van der Waals surface area contributed by atoms with Crippen molar-refractivity contribution in [1.29, 1.82) is 0 Å². The molecule has 0 amide bonds. The van der Waals surface area contributed by atoms with Crippen LogP contribution in [0.3, 0.4) is 0 Å². The number of halogens is 1. The van der Waals surface area contributed by atoms with Gasteiger partial charge >= 0.3 is 0 Å². The highest BCUT2D eigenvalue weighted by molar-refractivity contribution is 6.29. The number of hydrogen-bond donors (Lipinski definition) is 2. The van der Waals surface area contributed by atoms with Gasteiger partial charge in [0.25, 0.3) is 0 Å². The van der Waals surface area contributed by atoms with Crippen LogP contribution in [0.5, 0.6) is 0 Å². The Labute approximate surface area is 106 Å². The summed E-state index contributed by atoms with van der Waals surface area (Å²) in [6.45, 7) is 4.10. The van der Waals surface area contributed by atoms with Gasteiger partial charge in [0.1, 0.15) is 0 Å². The fourth-order valence-corrected chi connectivity index (χ4v) is 2.15. The maximum atomic E-state index is 5.99. The van der Waals surface area contributed by atoms with Gasteiger partial charge < -0.3 is 4.42 Å². The summed E-state index contributed by atoms with van der Waals surface area (Å²) in [7, 11) is 0. The molecule has 1 unspecified atom stereocenters. The molecule has 0 spiro atoms. The first-order chi connectivity index (χ1) is 8.13. The van der Waals surface area contributed by atoms with Gasteiger partial charge in [-0.05, 0) is 42.6 Å². The van der Waals surface area contributed by atoms with Crippen LogP contribution in [0.1, 0.15) is 28.3 Å². The number of nitrogens with two attached hydrogens (primary N) is 1. The lowest BCUT2D eigenvalue weighted by Gasteiger charge is -2.18. The maximum Gasteiger partial charge on any atom is 0.198 e. The molecule has 0 radical (unpaired) electrons. The van der Waals surface area contributed by atoms with E-state index in [-0.39, 0.29) is 6.04 Å². The second-order valence-electron chi connectivity index (χ2n) is 4.11. The predicted octanol–water partition coefficient (Wildman–Crippen LogP) is 3.10. The Hall–Kier alpha value is -1.29. The van der Waals surface area contributed by atoms with E-state index < -0.39 is 0 Å². The summed E-state index contributed by atoms with van der Waals surface area (Å²) in [6.07, 6.45) is 1.56. The summed E-state index contributed by atoms with van der Waals surface area (Å²) in [4.78, 5) is 0. The predicted molar refractivity (Wildman–Crippen MR) is 68.8 cm³/mol. The molecule has 2 rings (SSSR count). The van der Waals surface area contributed by atoms with Crippen LogP contribution in [0.4, 0.5) is 0 Å². The standard InChI is InChI=1S/C13H15ClN2O/c1-8-3-4-9(2)11(7-8)12(16-15)10-5-6-17-13(10)14/h3-7,12,16H,15H2,1-2H3. The van der Waals surface area contributed by atoms with Crippen molar-refractivity contribution in [3.05, 3.63) is 58.0 Å². The number of aryl methyl sites for hydroxylation is 2. The Morgan fingerprint density at radius 1 is 1.24 bits per heavy atom. The molecule has 1 heterocycles. The van der Waals surface area contributed by atoms with E-state index in [1.165, 1.54) is 5.56 Å². The first-order valence-electron chi connectivity index (χ1n) is 5.39. The van der Waals surface area contributed by atoms with Crippen molar-refractivity contribution in [3.8, 4) is 0 Å². The molecule has 0 fully saturated rings. The Kier molecular flexibility index (Phi) is 3.52. The van der Waals surface area contributed by atoms with Crippen LogP contribution in [0.15, 0.2) is 34.9 Å². The first-order valence-corrected chi connectivity index (χ1v) is 5.77. The Balaban J connectivity index is 2.49.